The number of carbonyl (C=O) groups excluding carboxylic acids is 1. The third-order valence-corrected chi connectivity index (χ3v) is 3.29. The Morgan fingerprint density at radius 3 is 2.13 bits per heavy atom. The van der Waals surface area contributed by atoms with Gasteiger partial charge in [0.2, 0.25) is 5.91 Å². The van der Waals surface area contributed by atoms with E-state index < -0.39 is 11.5 Å². The van der Waals surface area contributed by atoms with Gasteiger partial charge in [-0.3, -0.25) is 4.79 Å². The van der Waals surface area contributed by atoms with Crippen molar-refractivity contribution in [3.8, 4) is 0 Å². The van der Waals surface area contributed by atoms with Gasteiger partial charge in [-0.2, -0.15) is 0 Å². The van der Waals surface area contributed by atoms with E-state index in [2.05, 4.69) is 0 Å². The summed E-state index contributed by atoms with van der Waals surface area (Å²) in [7, 11) is 0. The maximum absolute atomic E-state index is 11.4. The average Bonchev–Trinajstić information content (AvgIpc) is 2.19. The van der Waals surface area contributed by atoms with Crippen molar-refractivity contribution in [1.29, 1.82) is 0 Å². The molecule has 4 heteroatoms. The Hall–Kier alpha value is -1.06. The third-order valence-electron chi connectivity index (χ3n) is 3.29. The molecule has 1 aliphatic rings. The van der Waals surface area contributed by atoms with Crippen LogP contribution < -0.4 is 0 Å². The van der Waals surface area contributed by atoms with Crippen molar-refractivity contribution in [2.75, 3.05) is 6.54 Å². The van der Waals surface area contributed by atoms with Gasteiger partial charge < -0.3 is 10.0 Å². The number of carboxylic acids is 1. The molecule has 1 rings (SSSR count). The normalized spacial score (nSPS) is 19.6. The van der Waals surface area contributed by atoms with Gasteiger partial charge in [-0.25, -0.2) is 4.79 Å². The lowest BCUT2D eigenvalue weighted by Gasteiger charge is -2.42. The molecule has 1 amide bonds. The van der Waals surface area contributed by atoms with Gasteiger partial charge >= 0.3 is 5.97 Å². The van der Waals surface area contributed by atoms with Crippen LogP contribution in [0, 0.1) is 0 Å². The molecule has 0 aliphatic heterocycles. The summed E-state index contributed by atoms with van der Waals surface area (Å²) in [5.74, 6) is -0.985. The van der Waals surface area contributed by atoms with E-state index in [1.54, 1.807) is 0 Å². The molecule has 1 saturated carbocycles. The molecule has 0 unspecified atom stereocenters. The molecule has 0 heterocycles. The van der Waals surface area contributed by atoms with E-state index in [0.717, 1.165) is 19.3 Å². The van der Waals surface area contributed by atoms with Gasteiger partial charge in [0.15, 0.2) is 0 Å². The molecule has 4 nitrogen and oxygen atoms in total. The zero-order valence-electron chi connectivity index (χ0n) is 9.45. The number of amides is 1. The molecule has 0 saturated heterocycles. The Bertz CT molecular complexity index is 257. The van der Waals surface area contributed by atoms with Crippen LogP contribution in [0.3, 0.4) is 0 Å². The van der Waals surface area contributed by atoms with Crippen molar-refractivity contribution in [3.63, 3.8) is 0 Å². The van der Waals surface area contributed by atoms with E-state index in [1.165, 1.54) is 11.8 Å². The van der Waals surface area contributed by atoms with Crippen LogP contribution >= 0.6 is 0 Å². The standard InChI is InChI=1S/C11H19NO3/c1-3-12(9(2)13)11(10(14)15)7-5-4-6-8-11/h3-8H2,1-2H3,(H,14,15). The number of hydrogen-bond donors (Lipinski definition) is 1. The topological polar surface area (TPSA) is 57.6 Å². The Kier molecular flexibility index (Phi) is 3.72. The Balaban J connectivity index is 2.97. The fourth-order valence-electron chi connectivity index (χ4n) is 2.56. The molecule has 0 aromatic heterocycles. The van der Waals surface area contributed by atoms with E-state index in [0.29, 0.717) is 19.4 Å². The molecule has 0 aromatic rings. The lowest BCUT2D eigenvalue weighted by molar-refractivity contribution is -0.161. The summed E-state index contributed by atoms with van der Waals surface area (Å²) in [6.45, 7) is 3.76. The predicted octanol–water partition coefficient (Wildman–Crippen LogP) is 1.64. The van der Waals surface area contributed by atoms with Gasteiger partial charge in [-0.15, -0.1) is 0 Å². The van der Waals surface area contributed by atoms with Crippen LogP contribution in [-0.2, 0) is 9.59 Å². The number of hydrogen-bond acceptors (Lipinski definition) is 2. The Labute approximate surface area is 90.3 Å². The van der Waals surface area contributed by atoms with Crippen molar-refractivity contribution in [2.45, 2.75) is 51.5 Å². The molecular formula is C11H19NO3. The van der Waals surface area contributed by atoms with Gasteiger partial charge in [-0.1, -0.05) is 19.3 Å². The molecule has 1 N–H and O–H groups in total. The van der Waals surface area contributed by atoms with E-state index in [4.69, 9.17) is 0 Å². The van der Waals surface area contributed by atoms with Crippen molar-refractivity contribution >= 4 is 11.9 Å². The molecule has 0 atom stereocenters. The highest BCUT2D eigenvalue weighted by Gasteiger charge is 2.45. The smallest absolute Gasteiger partial charge is 0.329 e. The van der Waals surface area contributed by atoms with E-state index in [9.17, 15) is 14.7 Å². The third kappa shape index (κ3) is 2.13. The van der Waals surface area contributed by atoms with Crippen LogP contribution in [0.2, 0.25) is 0 Å². The second-order valence-electron chi connectivity index (χ2n) is 4.16. The number of rotatable bonds is 3. The molecule has 0 spiro atoms. The first-order valence-corrected chi connectivity index (χ1v) is 5.56. The van der Waals surface area contributed by atoms with Crippen LogP contribution in [-0.4, -0.2) is 34.0 Å². The minimum atomic E-state index is -0.932. The van der Waals surface area contributed by atoms with E-state index in [1.807, 2.05) is 6.92 Å². The summed E-state index contributed by atoms with van der Waals surface area (Å²) in [4.78, 5) is 24.3. The molecule has 0 aromatic carbocycles. The lowest BCUT2D eigenvalue weighted by Crippen LogP contribution is -2.57. The largest absolute Gasteiger partial charge is 0.479 e. The van der Waals surface area contributed by atoms with Crippen molar-refractivity contribution in [2.24, 2.45) is 0 Å². The number of carboxylic acid groups (broad SMARTS) is 1. The summed E-state index contributed by atoms with van der Waals surface area (Å²) < 4.78 is 0. The van der Waals surface area contributed by atoms with Crippen LogP contribution in [0.5, 0.6) is 0 Å². The summed E-state index contributed by atoms with van der Waals surface area (Å²) >= 11 is 0. The summed E-state index contributed by atoms with van der Waals surface area (Å²) in [6, 6.07) is 0. The highest BCUT2D eigenvalue weighted by molar-refractivity contribution is 5.86. The Morgan fingerprint density at radius 1 is 1.27 bits per heavy atom. The van der Waals surface area contributed by atoms with Crippen LogP contribution in [0.25, 0.3) is 0 Å². The first-order chi connectivity index (χ1) is 7.04. The molecule has 0 radical (unpaired) electrons. The van der Waals surface area contributed by atoms with Gasteiger partial charge in [0, 0.05) is 13.5 Å². The molecule has 1 aliphatic carbocycles. The van der Waals surface area contributed by atoms with Crippen LogP contribution in [0.1, 0.15) is 46.0 Å². The van der Waals surface area contributed by atoms with E-state index in [-0.39, 0.29) is 5.91 Å². The molecule has 0 bridgehead atoms. The SMILES string of the molecule is CCN(C(C)=O)C1(C(=O)O)CCCCC1. The van der Waals surface area contributed by atoms with Crippen LogP contribution in [0.4, 0.5) is 0 Å². The van der Waals surface area contributed by atoms with Crippen molar-refractivity contribution < 1.29 is 14.7 Å². The molecular weight excluding hydrogens is 194 g/mol. The van der Waals surface area contributed by atoms with Gasteiger partial charge in [0.25, 0.3) is 0 Å². The van der Waals surface area contributed by atoms with Gasteiger partial charge in [-0.05, 0) is 19.8 Å². The number of carbonyl (C=O) groups is 2. The summed E-state index contributed by atoms with van der Waals surface area (Å²) in [5.41, 5.74) is -0.932. The van der Waals surface area contributed by atoms with Crippen molar-refractivity contribution in [1.82, 2.24) is 4.90 Å². The fourth-order valence-corrected chi connectivity index (χ4v) is 2.56. The zero-order valence-corrected chi connectivity index (χ0v) is 9.45. The van der Waals surface area contributed by atoms with Gasteiger partial charge in [0.05, 0.1) is 0 Å². The monoisotopic (exact) mass is 213 g/mol. The van der Waals surface area contributed by atoms with Crippen molar-refractivity contribution in [3.05, 3.63) is 0 Å². The molecule has 15 heavy (non-hydrogen) atoms. The van der Waals surface area contributed by atoms with Gasteiger partial charge in [0.1, 0.15) is 5.54 Å². The predicted molar refractivity (Wildman–Crippen MR) is 56.5 cm³/mol. The lowest BCUT2D eigenvalue weighted by atomic mass is 9.80. The van der Waals surface area contributed by atoms with E-state index >= 15 is 0 Å². The first-order valence-electron chi connectivity index (χ1n) is 5.56. The minimum absolute atomic E-state index is 0.137. The quantitative estimate of drug-likeness (QED) is 0.775. The first kappa shape index (κ1) is 12.0. The second-order valence-corrected chi connectivity index (χ2v) is 4.16. The number of aliphatic carboxylic acids is 1. The minimum Gasteiger partial charge on any atom is -0.479 e. The highest BCUT2D eigenvalue weighted by atomic mass is 16.4. The summed E-state index contributed by atoms with van der Waals surface area (Å²) in [5, 5.41) is 9.35. The number of likely N-dealkylation sites (N-methyl/N-ethyl adjacent to an activating group) is 1. The fraction of sp³-hybridized carbons (Fsp3) is 0.818. The zero-order chi connectivity index (χ0) is 11.5. The number of nitrogens with zero attached hydrogens (tertiary/aromatic N) is 1. The second kappa shape index (κ2) is 4.64. The maximum Gasteiger partial charge on any atom is 0.329 e. The summed E-state index contributed by atoms with van der Waals surface area (Å²) in [6.07, 6.45) is 4.06. The van der Waals surface area contributed by atoms with Crippen LogP contribution in [0.15, 0.2) is 0 Å². The Morgan fingerprint density at radius 2 is 1.80 bits per heavy atom. The maximum atomic E-state index is 11.4. The average molecular weight is 213 g/mol. The highest BCUT2D eigenvalue weighted by Crippen LogP contribution is 2.34. The molecule has 86 valence electrons. The molecule has 1 fully saturated rings.